The highest BCUT2D eigenvalue weighted by Crippen LogP contribution is 2.33. The Labute approximate surface area is 81.7 Å². The number of nitrogens with zero attached hydrogens (tertiary/aromatic N) is 1. The van der Waals surface area contributed by atoms with E-state index in [4.69, 9.17) is 5.73 Å². The van der Waals surface area contributed by atoms with Crippen molar-refractivity contribution in [3.8, 4) is 10.4 Å². The SMILES string of the molecule is Nc1[nH]ncc1-c1ccc(Br)s1. The van der Waals surface area contributed by atoms with Crippen molar-refractivity contribution >= 4 is 33.1 Å². The molecule has 0 radical (unpaired) electrons. The molecule has 0 spiro atoms. The minimum atomic E-state index is 0.615. The summed E-state index contributed by atoms with van der Waals surface area (Å²) in [6.45, 7) is 0. The van der Waals surface area contributed by atoms with Crippen LogP contribution in [0.1, 0.15) is 0 Å². The lowest BCUT2D eigenvalue weighted by atomic mass is 10.3. The van der Waals surface area contributed by atoms with Crippen LogP contribution in [0.2, 0.25) is 0 Å². The summed E-state index contributed by atoms with van der Waals surface area (Å²) >= 11 is 5.03. The minimum absolute atomic E-state index is 0.615. The summed E-state index contributed by atoms with van der Waals surface area (Å²) in [5, 5.41) is 6.54. The second-order valence-corrected chi connectivity index (χ2v) is 4.76. The third-order valence-corrected chi connectivity index (χ3v) is 3.16. The van der Waals surface area contributed by atoms with Gasteiger partial charge >= 0.3 is 0 Å². The van der Waals surface area contributed by atoms with Crippen molar-refractivity contribution < 1.29 is 0 Å². The maximum absolute atomic E-state index is 5.66. The predicted molar refractivity (Wildman–Crippen MR) is 54.0 cm³/mol. The lowest BCUT2D eigenvalue weighted by molar-refractivity contribution is 1.10. The first-order valence-electron chi connectivity index (χ1n) is 3.32. The van der Waals surface area contributed by atoms with Crippen molar-refractivity contribution in [3.05, 3.63) is 22.1 Å². The standard InChI is InChI=1S/C7H6BrN3S/c8-6-2-1-5(12-6)4-3-10-11-7(4)9/h1-3H,(H3,9,10,11). The number of rotatable bonds is 1. The van der Waals surface area contributed by atoms with Gasteiger partial charge in [-0.25, -0.2) is 0 Å². The van der Waals surface area contributed by atoms with Gasteiger partial charge in [-0.3, -0.25) is 5.10 Å². The van der Waals surface area contributed by atoms with Crippen molar-refractivity contribution in [2.75, 3.05) is 5.73 Å². The van der Waals surface area contributed by atoms with Gasteiger partial charge in [0.25, 0.3) is 0 Å². The fourth-order valence-electron chi connectivity index (χ4n) is 0.952. The molecule has 0 aliphatic carbocycles. The van der Waals surface area contributed by atoms with E-state index in [0.29, 0.717) is 5.82 Å². The van der Waals surface area contributed by atoms with Crippen LogP contribution in [0.3, 0.4) is 0 Å². The van der Waals surface area contributed by atoms with Gasteiger partial charge < -0.3 is 5.73 Å². The van der Waals surface area contributed by atoms with Crippen LogP contribution in [-0.2, 0) is 0 Å². The number of nitrogens with two attached hydrogens (primary N) is 1. The van der Waals surface area contributed by atoms with Gasteiger partial charge in [0.05, 0.1) is 15.5 Å². The van der Waals surface area contributed by atoms with Gasteiger partial charge in [-0.1, -0.05) is 0 Å². The van der Waals surface area contributed by atoms with Gasteiger partial charge in [0.15, 0.2) is 0 Å². The lowest BCUT2D eigenvalue weighted by Crippen LogP contribution is -1.85. The number of H-pyrrole nitrogens is 1. The normalized spacial score (nSPS) is 10.4. The molecule has 0 atom stereocenters. The van der Waals surface area contributed by atoms with Crippen LogP contribution in [0.15, 0.2) is 22.1 Å². The number of hydrogen-bond acceptors (Lipinski definition) is 3. The zero-order chi connectivity index (χ0) is 8.55. The molecule has 2 aromatic rings. The van der Waals surface area contributed by atoms with Crippen LogP contribution in [-0.4, -0.2) is 10.2 Å². The van der Waals surface area contributed by atoms with E-state index in [0.717, 1.165) is 14.2 Å². The topological polar surface area (TPSA) is 54.7 Å². The second-order valence-electron chi connectivity index (χ2n) is 2.30. The zero-order valence-electron chi connectivity index (χ0n) is 6.04. The third-order valence-electron chi connectivity index (χ3n) is 1.51. The highest BCUT2D eigenvalue weighted by atomic mass is 79.9. The molecule has 0 unspecified atom stereocenters. The van der Waals surface area contributed by atoms with Crippen molar-refractivity contribution in [3.63, 3.8) is 0 Å². The van der Waals surface area contributed by atoms with Crippen LogP contribution in [0.4, 0.5) is 5.82 Å². The molecule has 0 saturated carbocycles. The monoisotopic (exact) mass is 243 g/mol. The van der Waals surface area contributed by atoms with E-state index in [2.05, 4.69) is 26.1 Å². The highest BCUT2D eigenvalue weighted by Gasteiger charge is 2.06. The first kappa shape index (κ1) is 7.82. The molecule has 62 valence electrons. The van der Waals surface area contributed by atoms with Crippen molar-refractivity contribution in [2.24, 2.45) is 0 Å². The number of aromatic amines is 1. The Hall–Kier alpha value is -0.810. The molecule has 0 amide bonds. The Morgan fingerprint density at radius 1 is 1.50 bits per heavy atom. The molecular formula is C7H6BrN3S. The van der Waals surface area contributed by atoms with Crippen molar-refractivity contribution in [1.82, 2.24) is 10.2 Å². The first-order valence-corrected chi connectivity index (χ1v) is 4.93. The number of nitrogens with one attached hydrogen (secondary N) is 1. The molecule has 0 saturated heterocycles. The molecule has 2 aromatic heterocycles. The van der Waals surface area contributed by atoms with E-state index < -0.39 is 0 Å². The number of anilines is 1. The Kier molecular flexibility index (Phi) is 1.90. The van der Waals surface area contributed by atoms with Crippen LogP contribution >= 0.6 is 27.3 Å². The van der Waals surface area contributed by atoms with Crippen molar-refractivity contribution in [2.45, 2.75) is 0 Å². The Bertz CT molecular complexity index is 393. The van der Waals surface area contributed by atoms with E-state index in [9.17, 15) is 0 Å². The molecule has 0 bridgehead atoms. The summed E-state index contributed by atoms with van der Waals surface area (Å²) < 4.78 is 1.10. The number of aromatic nitrogens is 2. The van der Waals surface area contributed by atoms with Gasteiger partial charge in [-0.15, -0.1) is 11.3 Å². The summed E-state index contributed by atoms with van der Waals surface area (Å²) in [6.07, 6.45) is 1.73. The van der Waals surface area contributed by atoms with E-state index in [1.807, 2.05) is 12.1 Å². The van der Waals surface area contributed by atoms with Crippen LogP contribution < -0.4 is 5.73 Å². The molecule has 0 aliphatic rings. The molecule has 2 rings (SSSR count). The molecule has 0 aromatic carbocycles. The molecular weight excluding hydrogens is 238 g/mol. The maximum atomic E-state index is 5.66. The van der Waals surface area contributed by atoms with Gasteiger partial charge in [-0.2, -0.15) is 5.10 Å². The molecule has 12 heavy (non-hydrogen) atoms. The average Bonchev–Trinajstić information content (AvgIpc) is 2.58. The van der Waals surface area contributed by atoms with Gasteiger partial charge in [0.1, 0.15) is 5.82 Å². The van der Waals surface area contributed by atoms with Crippen molar-refractivity contribution in [1.29, 1.82) is 0 Å². The Morgan fingerprint density at radius 3 is 2.83 bits per heavy atom. The fraction of sp³-hybridized carbons (Fsp3) is 0. The zero-order valence-corrected chi connectivity index (χ0v) is 8.45. The molecule has 3 nitrogen and oxygen atoms in total. The van der Waals surface area contributed by atoms with E-state index in [1.165, 1.54) is 0 Å². The Balaban J connectivity index is 2.50. The lowest BCUT2D eigenvalue weighted by Gasteiger charge is -1.90. The number of hydrogen-bond donors (Lipinski definition) is 2. The average molecular weight is 244 g/mol. The van der Waals surface area contributed by atoms with E-state index in [-0.39, 0.29) is 0 Å². The quantitative estimate of drug-likeness (QED) is 0.809. The minimum Gasteiger partial charge on any atom is -0.384 e. The van der Waals surface area contributed by atoms with E-state index in [1.54, 1.807) is 17.5 Å². The smallest absolute Gasteiger partial charge is 0.127 e. The molecule has 3 N–H and O–H groups in total. The largest absolute Gasteiger partial charge is 0.384 e. The van der Waals surface area contributed by atoms with Gasteiger partial charge in [-0.05, 0) is 28.1 Å². The number of thiophene rings is 1. The first-order chi connectivity index (χ1) is 5.77. The summed E-state index contributed by atoms with van der Waals surface area (Å²) in [7, 11) is 0. The highest BCUT2D eigenvalue weighted by molar-refractivity contribution is 9.11. The van der Waals surface area contributed by atoms with Crippen LogP contribution in [0.5, 0.6) is 0 Å². The third kappa shape index (κ3) is 1.25. The van der Waals surface area contributed by atoms with Crippen LogP contribution in [0, 0.1) is 0 Å². The second kappa shape index (κ2) is 2.91. The maximum Gasteiger partial charge on any atom is 0.127 e. The summed E-state index contributed by atoms with van der Waals surface area (Å²) in [5.41, 5.74) is 6.62. The molecule has 0 fully saturated rings. The Morgan fingerprint density at radius 2 is 2.33 bits per heavy atom. The number of nitrogen functional groups attached to an aromatic ring is 1. The van der Waals surface area contributed by atoms with E-state index >= 15 is 0 Å². The van der Waals surface area contributed by atoms with Gasteiger partial charge in [0.2, 0.25) is 0 Å². The summed E-state index contributed by atoms with van der Waals surface area (Å²) in [6, 6.07) is 4.00. The summed E-state index contributed by atoms with van der Waals surface area (Å²) in [4.78, 5) is 1.12. The number of halogens is 1. The molecule has 5 heteroatoms. The molecule has 2 heterocycles. The molecule has 0 aliphatic heterocycles. The van der Waals surface area contributed by atoms with Gasteiger partial charge in [0, 0.05) is 4.88 Å². The van der Waals surface area contributed by atoms with Crippen LogP contribution in [0.25, 0.3) is 10.4 Å². The fourth-order valence-corrected chi connectivity index (χ4v) is 2.36. The predicted octanol–water partition coefficient (Wildman–Crippen LogP) is 2.48. The summed E-state index contributed by atoms with van der Waals surface area (Å²) in [5.74, 6) is 0.615.